The van der Waals surface area contributed by atoms with Crippen LogP contribution in [0.1, 0.15) is 56.1 Å². The number of ether oxygens (including phenoxy) is 2. The SMILES string of the molecule is COC(=O)c1cc([C@@H]2CC(c3cc(C(=O)NCc4ccc(F)c(OC)c4)nc(C)n3)=NO2)ccn1. The van der Waals surface area contributed by atoms with Gasteiger partial charge in [-0.05, 0) is 48.4 Å². The number of hydrogen-bond donors (Lipinski definition) is 1. The number of halogens is 1. The summed E-state index contributed by atoms with van der Waals surface area (Å²) in [7, 11) is 2.66. The molecule has 1 aliphatic heterocycles. The number of rotatable bonds is 7. The molecule has 2 aromatic heterocycles. The van der Waals surface area contributed by atoms with Gasteiger partial charge in [0.1, 0.15) is 22.9 Å². The molecule has 1 aliphatic rings. The number of aryl methyl sites for hydroxylation is 1. The van der Waals surface area contributed by atoms with Gasteiger partial charge in [-0.15, -0.1) is 0 Å². The van der Waals surface area contributed by atoms with Crippen LogP contribution < -0.4 is 10.1 Å². The van der Waals surface area contributed by atoms with Gasteiger partial charge in [-0.1, -0.05) is 11.2 Å². The molecule has 0 unspecified atom stereocenters. The Hall–Kier alpha value is -4.41. The summed E-state index contributed by atoms with van der Waals surface area (Å²) >= 11 is 0. The first-order valence-electron chi connectivity index (χ1n) is 10.6. The fourth-order valence-electron chi connectivity index (χ4n) is 3.49. The van der Waals surface area contributed by atoms with Crippen molar-refractivity contribution in [2.75, 3.05) is 14.2 Å². The number of carbonyl (C=O) groups is 2. The third-order valence-electron chi connectivity index (χ3n) is 5.25. The van der Waals surface area contributed by atoms with Crippen molar-refractivity contribution in [3.8, 4) is 5.75 Å². The van der Waals surface area contributed by atoms with Crippen LogP contribution in [0.25, 0.3) is 0 Å². The molecule has 1 amide bonds. The molecule has 10 nitrogen and oxygen atoms in total. The highest BCUT2D eigenvalue weighted by Gasteiger charge is 2.27. The molecule has 11 heteroatoms. The van der Waals surface area contributed by atoms with Gasteiger partial charge < -0.3 is 19.6 Å². The molecule has 0 fully saturated rings. The lowest BCUT2D eigenvalue weighted by Gasteiger charge is -2.10. The van der Waals surface area contributed by atoms with Crippen molar-refractivity contribution in [1.82, 2.24) is 20.3 Å². The maximum atomic E-state index is 13.6. The topological polar surface area (TPSA) is 125 Å². The average Bonchev–Trinajstić information content (AvgIpc) is 3.38. The second kappa shape index (κ2) is 10.2. The second-order valence-electron chi connectivity index (χ2n) is 7.64. The molecule has 0 saturated heterocycles. The predicted octanol–water partition coefficient (Wildman–Crippen LogP) is 2.91. The molecule has 4 rings (SSSR count). The Kier molecular flexibility index (Phi) is 6.95. The normalized spacial score (nSPS) is 14.6. The molecule has 3 heterocycles. The summed E-state index contributed by atoms with van der Waals surface area (Å²) in [4.78, 5) is 42.7. The maximum absolute atomic E-state index is 13.6. The summed E-state index contributed by atoms with van der Waals surface area (Å²) in [5.41, 5.74) is 2.69. The van der Waals surface area contributed by atoms with Crippen LogP contribution in [-0.4, -0.2) is 46.8 Å². The number of nitrogens with one attached hydrogen (secondary N) is 1. The Bertz CT molecular complexity index is 1310. The minimum atomic E-state index is -0.549. The zero-order valence-electron chi connectivity index (χ0n) is 19.2. The minimum Gasteiger partial charge on any atom is -0.494 e. The van der Waals surface area contributed by atoms with Gasteiger partial charge in [-0.25, -0.2) is 24.1 Å². The zero-order valence-corrected chi connectivity index (χ0v) is 19.2. The van der Waals surface area contributed by atoms with Gasteiger partial charge >= 0.3 is 5.97 Å². The Morgan fingerprint density at radius 1 is 1.14 bits per heavy atom. The van der Waals surface area contributed by atoms with E-state index in [1.54, 1.807) is 25.1 Å². The van der Waals surface area contributed by atoms with Crippen molar-refractivity contribution in [3.05, 3.63) is 82.4 Å². The van der Waals surface area contributed by atoms with Gasteiger partial charge in [0.2, 0.25) is 0 Å². The van der Waals surface area contributed by atoms with Gasteiger partial charge in [-0.2, -0.15) is 0 Å². The van der Waals surface area contributed by atoms with E-state index in [-0.39, 0.29) is 23.7 Å². The minimum absolute atomic E-state index is 0.0959. The van der Waals surface area contributed by atoms with Crippen LogP contribution >= 0.6 is 0 Å². The number of nitrogens with zero attached hydrogens (tertiary/aromatic N) is 4. The quantitative estimate of drug-likeness (QED) is 0.513. The average molecular weight is 479 g/mol. The van der Waals surface area contributed by atoms with Crippen LogP contribution in [0.3, 0.4) is 0 Å². The van der Waals surface area contributed by atoms with Crippen molar-refractivity contribution in [3.63, 3.8) is 0 Å². The van der Waals surface area contributed by atoms with Gasteiger partial charge in [0, 0.05) is 19.2 Å². The molecule has 0 spiro atoms. The third-order valence-corrected chi connectivity index (χ3v) is 5.25. The van der Waals surface area contributed by atoms with Crippen LogP contribution in [-0.2, 0) is 16.1 Å². The number of amides is 1. The Balaban J connectivity index is 1.46. The fourth-order valence-corrected chi connectivity index (χ4v) is 3.49. The molecule has 35 heavy (non-hydrogen) atoms. The number of benzene rings is 1. The van der Waals surface area contributed by atoms with E-state index in [2.05, 4.69) is 25.4 Å². The van der Waals surface area contributed by atoms with E-state index < -0.39 is 23.8 Å². The summed E-state index contributed by atoms with van der Waals surface area (Å²) in [5.74, 6) is -0.970. The summed E-state index contributed by atoms with van der Waals surface area (Å²) in [6.07, 6.45) is 1.42. The van der Waals surface area contributed by atoms with Crippen molar-refractivity contribution >= 4 is 17.6 Å². The fraction of sp³-hybridized carbons (Fsp3) is 0.250. The van der Waals surface area contributed by atoms with Crippen molar-refractivity contribution < 1.29 is 28.3 Å². The summed E-state index contributed by atoms with van der Waals surface area (Å²) in [5, 5.41) is 6.89. The molecule has 0 radical (unpaired) electrons. The number of pyridine rings is 1. The van der Waals surface area contributed by atoms with E-state index in [1.807, 2.05) is 0 Å². The summed E-state index contributed by atoms with van der Waals surface area (Å²) in [6, 6.07) is 9.20. The summed E-state index contributed by atoms with van der Waals surface area (Å²) < 4.78 is 23.3. The predicted molar refractivity (Wildman–Crippen MR) is 121 cm³/mol. The van der Waals surface area contributed by atoms with E-state index in [0.717, 1.165) is 0 Å². The standard InChI is InChI=1S/C24H22FN5O5/c1-13-28-17(18-11-21(35-30-18)15-6-7-26-20(9-15)24(32)34-3)10-19(29-13)23(31)27-12-14-4-5-16(25)22(8-14)33-2/h4-10,21H,11-12H2,1-3H3,(H,27,31)/t21-/m0/s1. The second-order valence-corrected chi connectivity index (χ2v) is 7.64. The van der Waals surface area contributed by atoms with E-state index >= 15 is 0 Å². The maximum Gasteiger partial charge on any atom is 0.356 e. The van der Waals surface area contributed by atoms with E-state index in [4.69, 9.17) is 14.3 Å². The molecule has 180 valence electrons. The molecular formula is C24H22FN5O5. The number of methoxy groups -OCH3 is 2. The summed E-state index contributed by atoms with van der Waals surface area (Å²) in [6.45, 7) is 1.83. The van der Waals surface area contributed by atoms with E-state index in [1.165, 1.54) is 38.6 Å². The Morgan fingerprint density at radius 3 is 2.74 bits per heavy atom. The van der Waals surface area contributed by atoms with E-state index in [0.29, 0.717) is 34.8 Å². The molecule has 1 atom stereocenters. The number of hydrogen-bond acceptors (Lipinski definition) is 9. The van der Waals surface area contributed by atoms with Crippen molar-refractivity contribution in [1.29, 1.82) is 0 Å². The van der Waals surface area contributed by atoms with Gasteiger partial charge in [0.25, 0.3) is 5.91 Å². The first kappa shape index (κ1) is 23.7. The Labute approximate surface area is 200 Å². The lowest BCUT2D eigenvalue weighted by molar-refractivity contribution is 0.0592. The highest BCUT2D eigenvalue weighted by atomic mass is 19.1. The van der Waals surface area contributed by atoms with Gasteiger partial charge in [0.15, 0.2) is 17.7 Å². The van der Waals surface area contributed by atoms with Crippen LogP contribution in [0.2, 0.25) is 0 Å². The molecule has 1 aromatic carbocycles. The van der Waals surface area contributed by atoms with Crippen molar-refractivity contribution in [2.24, 2.45) is 5.16 Å². The third kappa shape index (κ3) is 5.40. The highest BCUT2D eigenvalue weighted by Crippen LogP contribution is 2.29. The lowest BCUT2D eigenvalue weighted by atomic mass is 10.0. The number of aromatic nitrogens is 3. The first-order valence-corrected chi connectivity index (χ1v) is 10.6. The van der Waals surface area contributed by atoms with Crippen LogP contribution in [0.4, 0.5) is 4.39 Å². The molecule has 0 saturated carbocycles. The van der Waals surface area contributed by atoms with Crippen LogP contribution in [0, 0.1) is 12.7 Å². The molecule has 3 aromatic rings. The smallest absolute Gasteiger partial charge is 0.356 e. The van der Waals surface area contributed by atoms with Crippen LogP contribution in [0.5, 0.6) is 5.75 Å². The lowest BCUT2D eigenvalue weighted by Crippen LogP contribution is -2.25. The van der Waals surface area contributed by atoms with Gasteiger partial charge in [-0.3, -0.25) is 4.79 Å². The largest absolute Gasteiger partial charge is 0.494 e. The number of esters is 1. The van der Waals surface area contributed by atoms with Gasteiger partial charge in [0.05, 0.1) is 19.9 Å². The van der Waals surface area contributed by atoms with E-state index in [9.17, 15) is 14.0 Å². The monoisotopic (exact) mass is 479 g/mol. The van der Waals surface area contributed by atoms with Crippen molar-refractivity contribution in [2.45, 2.75) is 26.0 Å². The Morgan fingerprint density at radius 2 is 1.97 bits per heavy atom. The number of oxime groups is 1. The molecular weight excluding hydrogens is 457 g/mol. The first-order chi connectivity index (χ1) is 16.9. The highest BCUT2D eigenvalue weighted by molar-refractivity contribution is 6.02. The molecule has 1 N–H and O–H groups in total. The molecule has 0 aliphatic carbocycles. The number of carbonyl (C=O) groups excluding carboxylic acids is 2. The molecule has 0 bridgehead atoms. The van der Waals surface area contributed by atoms with Crippen LogP contribution in [0.15, 0.2) is 47.8 Å². The zero-order chi connectivity index (χ0) is 24.9.